The van der Waals surface area contributed by atoms with Crippen molar-refractivity contribution in [1.29, 1.82) is 5.26 Å². The van der Waals surface area contributed by atoms with Gasteiger partial charge in [0.2, 0.25) is 5.91 Å². The van der Waals surface area contributed by atoms with Crippen LogP contribution in [0, 0.1) is 23.7 Å². The molecule has 3 rings (SSSR count). The number of hydrogen-bond acceptors (Lipinski definition) is 8. The summed E-state index contributed by atoms with van der Waals surface area (Å²) in [6, 6.07) is 12.1. The van der Waals surface area contributed by atoms with Crippen LogP contribution in [0.3, 0.4) is 0 Å². The highest BCUT2D eigenvalue weighted by Gasteiger charge is 2.45. The highest BCUT2D eigenvalue weighted by atomic mass is 35.5. The van der Waals surface area contributed by atoms with Crippen LogP contribution in [0.2, 0.25) is 5.02 Å². The van der Waals surface area contributed by atoms with E-state index in [0.29, 0.717) is 35.4 Å². The van der Waals surface area contributed by atoms with E-state index in [0.717, 1.165) is 5.56 Å². The average Bonchev–Trinajstić information content (AvgIpc) is 3.42. The number of ether oxygens (including phenoxy) is 2. The fourth-order valence-corrected chi connectivity index (χ4v) is 5.31. The number of carbonyl (C=O) groups excluding carboxylic acids is 3. The number of nitrogens with one attached hydrogen (secondary N) is 2. The molecular weight excluding hydrogens is 558 g/mol. The van der Waals surface area contributed by atoms with Crippen molar-refractivity contribution < 1.29 is 23.9 Å². The van der Waals surface area contributed by atoms with E-state index in [4.69, 9.17) is 21.1 Å². The third kappa shape index (κ3) is 7.47. The number of hydrogen-bond donors (Lipinski definition) is 2. The van der Waals surface area contributed by atoms with Gasteiger partial charge >= 0.3 is 0 Å². The number of hydrazone groups is 1. The number of methoxy groups -OCH3 is 1. The second-order valence-electron chi connectivity index (χ2n) is 10.5. The highest BCUT2D eigenvalue weighted by molar-refractivity contribution is 6.30. The molecule has 0 aromatic heterocycles. The van der Waals surface area contributed by atoms with Gasteiger partial charge in [0.05, 0.1) is 42.9 Å². The lowest BCUT2D eigenvalue weighted by molar-refractivity contribution is -0.134. The Morgan fingerprint density at radius 3 is 2.62 bits per heavy atom. The van der Waals surface area contributed by atoms with Crippen molar-refractivity contribution in [2.75, 3.05) is 20.7 Å². The lowest BCUT2D eigenvalue weighted by Gasteiger charge is -2.36. The molecular formula is C31H36ClN5O5. The zero-order chi connectivity index (χ0) is 31.0. The monoisotopic (exact) mass is 593 g/mol. The number of halogens is 1. The number of nitriles is 1. The van der Waals surface area contributed by atoms with E-state index in [1.165, 1.54) is 19.3 Å². The summed E-state index contributed by atoms with van der Waals surface area (Å²) in [7, 11) is 3.06. The Morgan fingerprint density at radius 2 is 2.00 bits per heavy atom. The summed E-state index contributed by atoms with van der Waals surface area (Å²) in [6.45, 7) is 6.77. The van der Waals surface area contributed by atoms with Crippen LogP contribution in [0.5, 0.6) is 11.5 Å². The second-order valence-corrected chi connectivity index (χ2v) is 11.0. The van der Waals surface area contributed by atoms with Gasteiger partial charge in [-0.25, -0.2) is 0 Å². The minimum absolute atomic E-state index is 0.00502. The molecule has 10 nitrogen and oxygen atoms in total. The average molecular weight is 594 g/mol. The molecule has 1 saturated heterocycles. The molecule has 11 heteroatoms. The highest BCUT2D eigenvalue weighted by Crippen LogP contribution is 2.43. The van der Waals surface area contributed by atoms with Gasteiger partial charge in [0.15, 0.2) is 23.5 Å². The number of benzene rings is 2. The van der Waals surface area contributed by atoms with Gasteiger partial charge in [-0.3, -0.25) is 14.4 Å². The van der Waals surface area contributed by atoms with E-state index in [1.54, 1.807) is 37.9 Å². The first-order valence-corrected chi connectivity index (χ1v) is 13.8. The molecule has 1 fully saturated rings. The lowest BCUT2D eigenvalue weighted by atomic mass is 9.84. The number of allylic oxidation sites excluding steroid dienone is 2. The minimum Gasteiger partial charge on any atom is -0.493 e. The maximum Gasteiger partial charge on any atom is 0.251 e. The first kappa shape index (κ1) is 32.2. The largest absolute Gasteiger partial charge is 0.493 e. The van der Waals surface area contributed by atoms with Gasteiger partial charge in [-0.2, -0.15) is 10.4 Å². The quantitative estimate of drug-likeness (QED) is 0.127. The van der Waals surface area contributed by atoms with Gasteiger partial charge < -0.3 is 25.1 Å². The number of carbonyl (C=O) groups is 3. The Morgan fingerprint density at radius 1 is 1.26 bits per heavy atom. The molecule has 1 heterocycles. The van der Waals surface area contributed by atoms with Crippen molar-refractivity contribution in [1.82, 2.24) is 15.6 Å². The van der Waals surface area contributed by atoms with Crippen molar-refractivity contribution in [3.63, 3.8) is 0 Å². The van der Waals surface area contributed by atoms with Crippen LogP contribution < -0.4 is 20.2 Å². The molecule has 1 aliphatic rings. The minimum atomic E-state index is -0.792. The number of aldehydes is 1. The van der Waals surface area contributed by atoms with Gasteiger partial charge in [-0.15, -0.1) is 0 Å². The summed E-state index contributed by atoms with van der Waals surface area (Å²) in [5.41, 5.74) is 4.03. The first-order chi connectivity index (χ1) is 19.9. The van der Waals surface area contributed by atoms with Gasteiger partial charge in [0.1, 0.15) is 0 Å². The van der Waals surface area contributed by atoms with Gasteiger partial charge in [0, 0.05) is 23.7 Å². The lowest BCUT2D eigenvalue weighted by Crippen LogP contribution is -2.48. The predicted octanol–water partition coefficient (Wildman–Crippen LogP) is 4.73. The van der Waals surface area contributed by atoms with Crippen molar-refractivity contribution in [2.45, 2.75) is 52.6 Å². The van der Waals surface area contributed by atoms with E-state index >= 15 is 0 Å². The van der Waals surface area contributed by atoms with E-state index < -0.39 is 11.3 Å². The Kier molecular flexibility index (Phi) is 10.7. The van der Waals surface area contributed by atoms with Crippen LogP contribution in [-0.2, 0) is 9.59 Å². The Bertz CT molecular complexity index is 1450. The number of likely N-dealkylation sites (tertiary alicyclic amines) is 1. The third-order valence-electron chi connectivity index (χ3n) is 7.13. The summed E-state index contributed by atoms with van der Waals surface area (Å²) in [5.74, 6) is -0.288. The van der Waals surface area contributed by atoms with E-state index in [9.17, 15) is 19.6 Å². The molecule has 2 aromatic carbocycles. The van der Waals surface area contributed by atoms with E-state index in [2.05, 4.69) is 21.9 Å². The Labute approximate surface area is 251 Å². The normalized spacial score (nSPS) is 17.3. The van der Waals surface area contributed by atoms with Gasteiger partial charge in [-0.1, -0.05) is 23.7 Å². The molecule has 0 bridgehead atoms. The molecule has 2 unspecified atom stereocenters. The maximum atomic E-state index is 13.6. The second kappa shape index (κ2) is 14.0. The molecule has 222 valence electrons. The van der Waals surface area contributed by atoms with E-state index in [-0.39, 0.29) is 47.4 Å². The Hall–Kier alpha value is -4.36. The fraction of sp³-hybridized carbons (Fsp3) is 0.387. The molecule has 0 spiro atoms. The van der Waals surface area contributed by atoms with Gasteiger partial charge in [0.25, 0.3) is 5.91 Å². The topological polar surface area (TPSA) is 133 Å². The van der Waals surface area contributed by atoms with Crippen LogP contribution in [0.15, 0.2) is 53.3 Å². The molecule has 42 heavy (non-hydrogen) atoms. The smallest absolute Gasteiger partial charge is 0.251 e. The Balaban J connectivity index is 1.82. The van der Waals surface area contributed by atoms with Crippen LogP contribution in [0.1, 0.15) is 61.1 Å². The molecule has 2 amide bonds. The summed E-state index contributed by atoms with van der Waals surface area (Å²) < 4.78 is 11.2. The molecule has 0 aliphatic carbocycles. The predicted molar refractivity (Wildman–Crippen MR) is 160 cm³/mol. The van der Waals surface area contributed by atoms with Crippen LogP contribution in [0.25, 0.3) is 0 Å². The molecule has 2 atom stereocenters. The summed E-state index contributed by atoms with van der Waals surface area (Å²) in [6.07, 6.45) is 3.33. The number of rotatable bonds is 11. The SMILES string of the molecule is CN/N=C(C)\C=C(/C=O)Oc1c(C)cc(C(=O)NCC(=O)N2C(c3cccc(Cl)c3)CCC2C(C)(C)C#N)cc1OC. The summed E-state index contributed by atoms with van der Waals surface area (Å²) in [5, 5.41) is 17.1. The van der Waals surface area contributed by atoms with Crippen molar-refractivity contribution in [2.24, 2.45) is 10.5 Å². The first-order valence-electron chi connectivity index (χ1n) is 13.5. The third-order valence-corrected chi connectivity index (χ3v) is 7.36. The molecule has 2 aromatic rings. The standard InChI is InChI=1S/C31H36ClN5O5/c1-19-12-22(15-26(41-6)29(19)42-24(17-38)13-20(2)36-34-5)30(40)35-16-28(39)37-25(21-8-7-9-23(32)14-21)10-11-27(37)31(3,4)18-33/h7-9,12-15,17,25,27,34H,10-11,16H2,1-6H3,(H,35,40)/b24-13+,36-20-. The number of nitrogens with zero attached hydrogens (tertiary/aromatic N) is 3. The molecule has 1 aliphatic heterocycles. The number of aryl methyl sites for hydroxylation is 1. The van der Waals surface area contributed by atoms with Crippen LogP contribution >= 0.6 is 11.6 Å². The van der Waals surface area contributed by atoms with E-state index in [1.807, 2.05) is 32.0 Å². The van der Waals surface area contributed by atoms with Gasteiger partial charge in [-0.05, 0) is 75.9 Å². The maximum absolute atomic E-state index is 13.6. The summed E-state index contributed by atoms with van der Waals surface area (Å²) >= 11 is 6.23. The fourth-order valence-electron chi connectivity index (χ4n) is 5.11. The van der Waals surface area contributed by atoms with Crippen molar-refractivity contribution in [3.05, 3.63) is 69.9 Å². The summed E-state index contributed by atoms with van der Waals surface area (Å²) in [4.78, 5) is 40.1. The molecule has 0 radical (unpaired) electrons. The number of amides is 2. The molecule has 0 saturated carbocycles. The van der Waals surface area contributed by atoms with Crippen molar-refractivity contribution in [3.8, 4) is 17.6 Å². The van der Waals surface area contributed by atoms with Crippen molar-refractivity contribution >= 4 is 35.4 Å². The zero-order valence-corrected chi connectivity index (χ0v) is 25.4. The van der Waals surface area contributed by atoms with Crippen LogP contribution in [-0.4, -0.2) is 55.5 Å². The molecule has 2 N–H and O–H groups in total. The van der Waals surface area contributed by atoms with Crippen LogP contribution in [0.4, 0.5) is 0 Å². The zero-order valence-electron chi connectivity index (χ0n) is 24.7.